The Bertz CT molecular complexity index is 1360. The zero-order valence-electron chi connectivity index (χ0n) is 21.0. The number of allylic oxidation sites excluding steroid dienone is 1. The Hall–Kier alpha value is -2.38. The molecule has 2 aromatic heterocycles. The van der Waals surface area contributed by atoms with Crippen molar-refractivity contribution in [1.82, 2.24) is 14.5 Å². The molecule has 1 amide bonds. The van der Waals surface area contributed by atoms with E-state index in [0.717, 1.165) is 36.9 Å². The minimum atomic E-state index is -0.0760. The molecule has 184 valence electrons. The van der Waals surface area contributed by atoms with Gasteiger partial charge in [-0.25, -0.2) is 4.98 Å². The predicted molar refractivity (Wildman–Crippen MR) is 146 cm³/mol. The maximum absolute atomic E-state index is 13.6. The van der Waals surface area contributed by atoms with E-state index in [1.54, 1.807) is 10.6 Å². The Morgan fingerprint density at radius 2 is 2.00 bits per heavy atom. The lowest BCUT2D eigenvalue weighted by Gasteiger charge is -2.39. The highest BCUT2D eigenvalue weighted by atomic mass is 32.2. The molecule has 3 aromatic rings. The second kappa shape index (κ2) is 8.93. The lowest BCUT2D eigenvalue weighted by Crippen LogP contribution is -2.38. The van der Waals surface area contributed by atoms with E-state index in [1.807, 2.05) is 17.5 Å². The summed E-state index contributed by atoms with van der Waals surface area (Å²) in [6.07, 6.45) is 5.02. The molecule has 1 aliphatic carbocycles. The molecule has 35 heavy (non-hydrogen) atoms. The monoisotopic (exact) mass is 507 g/mol. The summed E-state index contributed by atoms with van der Waals surface area (Å²) in [5, 5.41) is 3.23. The number of amides is 1. The van der Waals surface area contributed by atoms with Gasteiger partial charge in [0.05, 0.1) is 11.1 Å². The number of fused-ring (bicyclic) bond motifs is 3. The van der Waals surface area contributed by atoms with Crippen molar-refractivity contribution < 1.29 is 4.79 Å². The molecule has 2 aliphatic rings. The molecule has 0 radical (unpaired) electrons. The van der Waals surface area contributed by atoms with Crippen LogP contribution in [0.4, 0.5) is 0 Å². The van der Waals surface area contributed by atoms with Gasteiger partial charge in [-0.15, -0.1) is 17.9 Å². The van der Waals surface area contributed by atoms with Crippen molar-refractivity contribution in [2.24, 2.45) is 10.8 Å². The number of benzene rings is 1. The average molecular weight is 508 g/mol. The molecule has 1 saturated carbocycles. The first-order valence-corrected chi connectivity index (χ1v) is 14.1. The van der Waals surface area contributed by atoms with Crippen molar-refractivity contribution >= 4 is 39.2 Å². The van der Waals surface area contributed by atoms with Crippen molar-refractivity contribution in [3.05, 3.63) is 58.2 Å². The normalized spacial score (nSPS) is 23.1. The van der Waals surface area contributed by atoms with Gasteiger partial charge in [0.1, 0.15) is 4.83 Å². The van der Waals surface area contributed by atoms with Gasteiger partial charge < -0.3 is 4.90 Å². The van der Waals surface area contributed by atoms with E-state index in [0.29, 0.717) is 28.0 Å². The first-order chi connectivity index (χ1) is 16.6. The number of nitrogens with zero attached hydrogens (tertiary/aromatic N) is 3. The Kier molecular flexibility index (Phi) is 6.20. The van der Waals surface area contributed by atoms with Crippen LogP contribution in [-0.2, 0) is 11.3 Å². The summed E-state index contributed by atoms with van der Waals surface area (Å²) in [5.74, 6) is 0.436. The number of carbonyl (C=O) groups excluding carboxylic acids is 1. The molecule has 3 heterocycles. The number of aromatic nitrogens is 2. The van der Waals surface area contributed by atoms with Gasteiger partial charge in [-0.2, -0.15) is 0 Å². The Balaban J connectivity index is 1.42. The Morgan fingerprint density at radius 3 is 2.71 bits per heavy atom. The molecule has 0 N–H and O–H groups in total. The van der Waals surface area contributed by atoms with Gasteiger partial charge in [0, 0.05) is 30.1 Å². The molecule has 1 aliphatic heterocycles. The Labute approximate surface area is 215 Å². The fourth-order valence-corrected chi connectivity index (χ4v) is 8.20. The highest BCUT2D eigenvalue weighted by molar-refractivity contribution is 7.99. The Morgan fingerprint density at radius 1 is 1.26 bits per heavy atom. The molecule has 0 spiro atoms. The number of thiophene rings is 1. The number of hydrogen-bond acceptors (Lipinski definition) is 5. The summed E-state index contributed by atoms with van der Waals surface area (Å²) in [5.41, 5.74) is 3.50. The lowest BCUT2D eigenvalue weighted by molar-refractivity contribution is -0.129. The zero-order chi connectivity index (χ0) is 25.0. The highest BCUT2D eigenvalue weighted by Gasteiger charge is 2.50. The first-order valence-electron chi connectivity index (χ1n) is 12.2. The SMILES string of the molecule is C=CCn1c(SCC(=O)N2C[C@]3(C)C[C@H]2CC(C)(C)C3)nc2scc(-c3ccc(C)cc3)c2c1=O. The van der Waals surface area contributed by atoms with E-state index in [4.69, 9.17) is 4.98 Å². The van der Waals surface area contributed by atoms with Crippen molar-refractivity contribution in [2.45, 2.75) is 64.7 Å². The maximum Gasteiger partial charge on any atom is 0.263 e. The molecule has 0 unspecified atom stereocenters. The van der Waals surface area contributed by atoms with E-state index < -0.39 is 0 Å². The molecule has 5 nitrogen and oxygen atoms in total. The number of hydrogen-bond donors (Lipinski definition) is 0. The van der Waals surface area contributed by atoms with Gasteiger partial charge in [0.15, 0.2) is 5.16 Å². The van der Waals surface area contributed by atoms with Crippen molar-refractivity contribution in [3.8, 4) is 11.1 Å². The van der Waals surface area contributed by atoms with Crippen LogP contribution in [0.3, 0.4) is 0 Å². The van der Waals surface area contributed by atoms with Gasteiger partial charge in [0.25, 0.3) is 5.56 Å². The maximum atomic E-state index is 13.6. The van der Waals surface area contributed by atoms with Crippen LogP contribution in [0.2, 0.25) is 0 Å². The minimum Gasteiger partial charge on any atom is -0.338 e. The standard InChI is InChI=1S/C28H33N3O2S2/c1-6-11-30-25(33)23-21(19-9-7-18(2)8-10-19)14-34-24(23)29-26(30)35-15-22(32)31-17-28(5)13-20(31)12-27(3,4)16-28/h6-10,14,20H,1,11-13,15-17H2,2-5H3/t20-,28-/m1/s1. The predicted octanol–water partition coefficient (Wildman–Crippen LogP) is 6.14. The van der Waals surface area contributed by atoms with Crippen LogP contribution in [0.15, 0.2) is 52.3 Å². The second-order valence-electron chi connectivity index (χ2n) is 11.3. The largest absolute Gasteiger partial charge is 0.338 e. The fraction of sp³-hybridized carbons (Fsp3) is 0.464. The van der Waals surface area contributed by atoms with E-state index in [9.17, 15) is 9.59 Å². The summed E-state index contributed by atoms with van der Waals surface area (Å²) in [6.45, 7) is 14.0. The third kappa shape index (κ3) is 4.60. The lowest BCUT2D eigenvalue weighted by atomic mass is 9.65. The zero-order valence-corrected chi connectivity index (χ0v) is 22.6. The first kappa shape index (κ1) is 24.3. The van der Waals surface area contributed by atoms with Crippen LogP contribution >= 0.6 is 23.1 Å². The minimum absolute atomic E-state index is 0.0760. The summed E-state index contributed by atoms with van der Waals surface area (Å²) >= 11 is 2.85. The van der Waals surface area contributed by atoms with Gasteiger partial charge in [-0.3, -0.25) is 14.2 Å². The summed E-state index contributed by atoms with van der Waals surface area (Å²) in [4.78, 5) is 34.6. The number of aryl methyl sites for hydroxylation is 1. The molecular weight excluding hydrogens is 474 g/mol. The third-order valence-corrected chi connectivity index (χ3v) is 9.23. The van der Waals surface area contributed by atoms with Crippen molar-refractivity contribution in [3.63, 3.8) is 0 Å². The summed E-state index contributed by atoms with van der Waals surface area (Å²) in [6, 6.07) is 8.52. The number of thioether (sulfide) groups is 1. The molecule has 5 rings (SSSR count). The van der Waals surface area contributed by atoms with E-state index in [2.05, 4.69) is 51.3 Å². The van der Waals surface area contributed by atoms with Gasteiger partial charge >= 0.3 is 0 Å². The molecule has 2 atom stereocenters. The van der Waals surface area contributed by atoms with Crippen LogP contribution in [0.1, 0.15) is 45.6 Å². The topological polar surface area (TPSA) is 55.2 Å². The smallest absolute Gasteiger partial charge is 0.263 e. The van der Waals surface area contributed by atoms with Crippen LogP contribution in [0, 0.1) is 17.8 Å². The summed E-state index contributed by atoms with van der Waals surface area (Å²) in [7, 11) is 0. The highest BCUT2D eigenvalue weighted by Crippen LogP contribution is 2.52. The van der Waals surface area contributed by atoms with Gasteiger partial charge in [0.2, 0.25) is 5.91 Å². The number of carbonyl (C=O) groups is 1. The van der Waals surface area contributed by atoms with E-state index in [1.165, 1.54) is 28.7 Å². The quantitative estimate of drug-likeness (QED) is 0.228. The molecule has 2 bridgehead atoms. The van der Waals surface area contributed by atoms with E-state index >= 15 is 0 Å². The van der Waals surface area contributed by atoms with E-state index in [-0.39, 0.29) is 28.0 Å². The summed E-state index contributed by atoms with van der Waals surface area (Å²) < 4.78 is 1.66. The van der Waals surface area contributed by atoms with Crippen LogP contribution in [0.5, 0.6) is 0 Å². The van der Waals surface area contributed by atoms with Gasteiger partial charge in [-0.1, -0.05) is 68.4 Å². The fourth-order valence-electron chi connectivity index (χ4n) is 6.31. The van der Waals surface area contributed by atoms with Crippen molar-refractivity contribution in [2.75, 3.05) is 12.3 Å². The van der Waals surface area contributed by atoms with Crippen LogP contribution in [0.25, 0.3) is 21.3 Å². The van der Waals surface area contributed by atoms with Gasteiger partial charge in [-0.05, 0) is 42.6 Å². The number of rotatable bonds is 6. The molecular formula is C28H33N3O2S2. The van der Waals surface area contributed by atoms with Crippen LogP contribution in [-0.4, -0.2) is 38.7 Å². The van der Waals surface area contributed by atoms with Crippen molar-refractivity contribution in [1.29, 1.82) is 0 Å². The molecule has 7 heteroatoms. The second-order valence-corrected chi connectivity index (χ2v) is 13.1. The molecule has 1 aromatic carbocycles. The molecule has 2 fully saturated rings. The average Bonchev–Trinajstić information content (AvgIpc) is 3.32. The van der Waals surface area contributed by atoms with Crippen LogP contribution < -0.4 is 5.56 Å². The number of likely N-dealkylation sites (tertiary alicyclic amines) is 1. The third-order valence-electron chi connectivity index (χ3n) is 7.39. The molecule has 1 saturated heterocycles.